The standard InChI is InChI=1S/C12H18N4O2S/c1-3-15-11(18)9-8(13)7(10(17)14-2)12(19-9)16-6-4-5-6/h6,16H,3-5,13H2,1-2H3,(H,14,17)(H,15,18). The summed E-state index contributed by atoms with van der Waals surface area (Å²) < 4.78 is 0. The molecule has 0 saturated heterocycles. The van der Waals surface area contributed by atoms with E-state index in [9.17, 15) is 9.59 Å². The second-order valence-electron chi connectivity index (χ2n) is 4.41. The van der Waals surface area contributed by atoms with Gasteiger partial charge in [0.25, 0.3) is 11.8 Å². The minimum atomic E-state index is -0.271. The monoisotopic (exact) mass is 282 g/mol. The van der Waals surface area contributed by atoms with Gasteiger partial charge in [-0.05, 0) is 19.8 Å². The van der Waals surface area contributed by atoms with Crippen LogP contribution in [0.15, 0.2) is 0 Å². The van der Waals surface area contributed by atoms with Gasteiger partial charge in [-0.15, -0.1) is 11.3 Å². The van der Waals surface area contributed by atoms with E-state index in [1.54, 1.807) is 7.05 Å². The molecule has 0 aliphatic heterocycles. The lowest BCUT2D eigenvalue weighted by Crippen LogP contribution is -2.23. The number of rotatable bonds is 5. The summed E-state index contributed by atoms with van der Waals surface area (Å²) in [6.07, 6.45) is 2.17. The molecule has 1 aromatic rings. The van der Waals surface area contributed by atoms with Crippen LogP contribution in [0.1, 0.15) is 39.8 Å². The second-order valence-corrected chi connectivity index (χ2v) is 5.43. The number of nitrogen functional groups attached to an aromatic ring is 1. The molecular weight excluding hydrogens is 264 g/mol. The van der Waals surface area contributed by atoms with Crippen molar-refractivity contribution < 1.29 is 9.59 Å². The molecule has 0 atom stereocenters. The Bertz CT molecular complexity index is 508. The summed E-state index contributed by atoms with van der Waals surface area (Å²) >= 11 is 1.24. The molecule has 0 unspecified atom stereocenters. The first-order valence-electron chi connectivity index (χ1n) is 6.27. The van der Waals surface area contributed by atoms with Crippen LogP contribution in [-0.2, 0) is 0 Å². The first-order chi connectivity index (χ1) is 9.08. The molecule has 6 nitrogen and oxygen atoms in total. The number of thiophene rings is 1. The molecular formula is C12H18N4O2S. The molecule has 0 aromatic carbocycles. The predicted molar refractivity (Wildman–Crippen MR) is 76.8 cm³/mol. The Hall–Kier alpha value is -1.76. The van der Waals surface area contributed by atoms with Crippen molar-refractivity contribution in [2.24, 2.45) is 0 Å². The van der Waals surface area contributed by atoms with E-state index in [2.05, 4.69) is 16.0 Å². The van der Waals surface area contributed by atoms with Gasteiger partial charge in [-0.25, -0.2) is 0 Å². The molecule has 1 saturated carbocycles. The van der Waals surface area contributed by atoms with E-state index in [1.165, 1.54) is 11.3 Å². The Morgan fingerprint density at radius 3 is 2.58 bits per heavy atom. The maximum Gasteiger partial charge on any atom is 0.263 e. The quantitative estimate of drug-likeness (QED) is 0.648. The van der Waals surface area contributed by atoms with Crippen LogP contribution in [0.3, 0.4) is 0 Å². The SMILES string of the molecule is CCNC(=O)c1sc(NC2CC2)c(C(=O)NC)c1N. The van der Waals surface area contributed by atoms with Crippen molar-refractivity contribution in [2.45, 2.75) is 25.8 Å². The zero-order chi connectivity index (χ0) is 14.0. The summed E-state index contributed by atoms with van der Waals surface area (Å²) in [6, 6.07) is 0.392. The molecule has 5 N–H and O–H groups in total. The third-order valence-corrected chi connectivity index (χ3v) is 3.99. The van der Waals surface area contributed by atoms with Gasteiger partial charge >= 0.3 is 0 Å². The highest BCUT2D eigenvalue weighted by atomic mass is 32.1. The van der Waals surface area contributed by atoms with Crippen LogP contribution < -0.4 is 21.7 Å². The van der Waals surface area contributed by atoms with Crippen LogP contribution in [0.4, 0.5) is 10.7 Å². The third kappa shape index (κ3) is 2.81. The Kier molecular flexibility index (Phi) is 3.94. The molecule has 1 aliphatic rings. The number of hydrogen-bond donors (Lipinski definition) is 4. The van der Waals surface area contributed by atoms with E-state index in [0.717, 1.165) is 12.8 Å². The molecule has 2 amide bonds. The van der Waals surface area contributed by atoms with Crippen LogP contribution >= 0.6 is 11.3 Å². The predicted octanol–water partition coefficient (Wildman–Crippen LogP) is 1.01. The highest BCUT2D eigenvalue weighted by Gasteiger charge is 2.29. The average molecular weight is 282 g/mol. The summed E-state index contributed by atoms with van der Waals surface area (Å²) in [5, 5.41) is 9.19. The summed E-state index contributed by atoms with van der Waals surface area (Å²) in [6.45, 7) is 2.36. The van der Waals surface area contributed by atoms with Gasteiger partial charge in [-0.1, -0.05) is 0 Å². The van der Waals surface area contributed by atoms with Crippen molar-refractivity contribution >= 4 is 33.8 Å². The number of carbonyl (C=O) groups excluding carboxylic acids is 2. The van der Waals surface area contributed by atoms with Crippen LogP contribution in [0.5, 0.6) is 0 Å². The Labute approximate surface area is 115 Å². The van der Waals surface area contributed by atoms with Gasteiger partial charge in [0.15, 0.2) is 0 Å². The number of nitrogens with one attached hydrogen (secondary N) is 3. The molecule has 0 spiro atoms. The van der Waals surface area contributed by atoms with Gasteiger partial charge in [0, 0.05) is 19.6 Å². The van der Waals surface area contributed by atoms with Crippen LogP contribution in [0.2, 0.25) is 0 Å². The van der Waals surface area contributed by atoms with Gasteiger partial charge in [-0.3, -0.25) is 9.59 Å². The van der Waals surface area contributed by atoms with Gasteiger partial charge in [0.2, 0.25) is 0 Å². The van der Waals surface area contributed by atoms with E-state index in [-0.39, 0.29) is 17.5 Å². The number of hydrogen-bond acceptors (Lipinski definition) is 5. The van der Waals surface area contributed by atoms with E-state index in [4.69, 9.17) is 5.73 Å². The minimum Gasteiger partial charge on any atom is -0.397 e. The van der Waals surface area contributed by atoms with Crippen molar-refractivity contribution in [3.8, 4) is 0 Å². The van der Waals surface area contributed by atoms with Crippen molar-refractivity contribution in [2.75, 3.05) is 24.6 Å². The number of carbonyl (C=O) groups is 2. The normalized spacial score (nSPS) is 14.0. The molecule has 1 heterocycles. The number of nitrogens with two attached hydrogens (primary N) is 1. The maximum atomic E-state index is 11.9. The van der Waals surface area contributed by atoms with Crippen LogP contribution in [0, 0.1) is 0 Å². The number of anilines is 2. The smallest absolute Gasteiger partial charge is 0.263 e. The zero-order valence-corrected chi connectivity index (χ0v) is 11.8. The second kappa shape index (κ2) is 5.48. The van der Waals surface area contributed by atoms with E-state index < -0.39 is 0 Å². The first-order valence-corrected chi connectivity index (χ1v) is 7.09. The molecule has 19 heavy (non-hydrogen) atoms. The lowest BCUT2D eigenvalue weighted by atomic mass is 10.2. The lowest BCUT2D eigenvalue weighted by Gasteiger charge is -2.05. The molecule has 1 aromatic heterocycles. The highest BCUT2D eigenvalue weighted by molar-refractivity contribution is 7.19. The molecule has 0 bridgehead atoms. The summed E-state index contributed by atoms with van der Waals surface area (Å²) in [7, 11) is 1.55. The molecule has 1 aliphatic carbocycles. The highest BCUT2D eigenvalue weighted by Crippen LogP contribution is 2.38. The third-order valence-electron chi connectivity index (χ3n) is 2.86. The van der Waals surface area contributed by atoms with Crippen LogP contribution in [-0.4, -0.2) is 31.4 Å². The fraction of sp³-hybridized carbons (Fsp3) is 0.500. The Morgan fingerprint density at radius 1 is 1.37 bits per heavy atom. The molecule has 104 valence electrons. The summed E-state index contributed by atoms with van der Waals surface area (Å²) in [5.74, 6) is -0.508. The van der Waals surface area contributed by atoms with Gasteiger partial charge in [0.05, 0.1) is 11.3 Å². The Balaban J connectivity index is 2.36. The maximum absolute atomic E-state index is 11.9. The van der Waals surface area contributed by atoms with Gasteiger partial charge in [0.1, 0.15) is 9.88 Å². The average Bonchev–Trinajstić information content (AvgIpc) is 3.13. The fourth-order valence-electron chi connectivity index (χ4n) is 1.72. The molecule has 2 rings (SSSR count). The van der Waals surface area contributed by atoms with Crippen molar-refractivity contribution in [3.05, 3.63) is 10.4 Å². The van der Waals surface area contributed by atoms with E-state index >= 15 is 0 Å². The molecule has 0 radical (unpaired) electrons. The summed E-state index contributed by atoms with van der Waals surface area (Å²) in [4.78, 5) is 24.2. The van der Waals surface area contributed by atoms with Crippen molar-refractivity contribution in [1.29, 1.82) is 0 Å². The van der Waals surface area contributed by atoms with E-state index in [0.29, 0.717) is 28.0 Å². The van der Waals surface area contributed by atoms with Gasteiger partial charge < -0.3 is 21.7 Å². The largest absolute Gasteiger partial charge is 0.397 e. The minimum absolute atomic E-state index is 0.237. The Morgan fingerprint density at radius 2 is 2.05 bits per heavy atom. The van der Waals surface area contributed by atoms with Crippen molar-refractivity contribution in [1.82, 2.24) is 10.6 Å². The molecule has 7 heteroatoms. The fourth-order valence-corrected chi connectivity index (χ4v) is 2.83. The van der Waals surface area contributed by atoms with Gasteiger partial charge in [-0.2, -0.15) is 0 Å². The van der Waals surface area contributed by atoms with E-state index in [1.807, 2.05) is 6.92 Å². The molecule has 1 fully saturated rings. The topological polar surface area (TPSA) is 96.2 Å². The summed E-state index contributed by atoms with van der Waals surface area (Å²) in [5.41, 5.74) is 6.58. The number of amides is 2. The first kappa shape index (κ1) is 13.7. The lowest BCUT2D eigenvalue weighted by molar-refractivity contribution is 0.0959. The van der Waals surface area contributed by atoms with Crippen molar-refractivity contribution in [3.63, 3.8) is 0 Å². The van der Waals surface area contributed by atoms with Crippen LogP contribution in [0.25, 0.3) is 0 Å². The zero-order valence-electron chi connectivity index (χ0n) is 11.0.